The largest absolute Gasteiger partial charge is 0.485 e. The lowest BCUT2D eigenvalue weighted by Crippen LogP contribution is -2.35. The number of ether oxygens (including phenoxy) is 3. The summed E-state index contributed by atoms with van der Waals surface area (Å²) in [6.07, 6.45) is 6.88. The molecule has 1 aliphatic rings. The number of rotatable bonds is 8. The van der Waals surface area contributed by atoms with Gasteiger partial charge in [-0.1, -0.05) is 24.3 Å². The zero-order valence-corrected chi connectivity index (χ0v) is 15.7. The van der Waals surface area contributed by atoms with Crippen molar-refractivity contribution >= 4 is 5.97 Å². The van der Waals surface area contributed by atoms with E-state index in [0.29, 0.717) is 17.5 Å². The van der Waals surface area contributed by atoms with E-state index in [1.54, 1.807) is 42.9 Å². The summed E-state index contributed by atoms with van der Waals surface area (Å²) >= 11 is 0. The molecule has 0 spiro atoms. The molecular formula is C22H21FN2O4. The van der Waals surface area contributed by atoms with Gasteiger partial charge in [-0.25, -0.2) is 14.2 Å². The molecule has 0 saturated heterocycles. The molecule has 0 atom stereocenters. The molecule has 3 aromatic rings. The standard InChI is InChI=1S/C22H21FN2O4/c23-17-7-5-16(6-8-17)13-27-20-3-1-2-4-21(20)28-14-22(26)29-19-11-18(12-19)25-10-9-24-15-25/h1-10,15,18-19H,11-14H2. The highest BCUT2D eigenvalue weighted by atomic mass is 19.1. The van der Waals surface area contributed by atoms with Crippen LogP contribution in [-0.2, 0) is 16.1 Å². The average Bonchev–Trinajstić information content (AvgIpc) is 3.23. The van der Waals surface area contributed by atoms with Crippen LogP contribution in [0.15, 0.2) is 67.3 Å². The van der Waals surface area contributed by atoms with Crippen molar-refractivity contribution in [1.82, 2.24) is 9.55 Å². The molecule has 7 heteroatoms. The Balaban J connectivity index is 1.24. The Bertz CT molecular complexity index is 938. The number of hydrogen-bond donors (Lipinski definition) is 0. The fourth-order valence-electron chi connectivity index (χ4n) is 3.15. The van der Waals surface area contributed by atoms with Crippen molar-refractivity contribution in [3.63, 3.8) is 0 Å². The van der Waals surface area contributed by atoms with Gasteiger partial charge in [0.1, 0.15) is 18.5 Å². The first kappa shape index (κ1) is 19.0. The molecule has 6 nitrogen and oxygen atoms in total. The minimum atomic E-state index is -0.410. The topological polar surface area (TPSA) is 62.6 Å². The van der Waals surface area contributed by atoms with E-state index in [-0.39, 0.29) is 25.1 Å². The smallest absolute Gasteiger partial charge is 0.344 e. The molecule has 4 rings (SSSR count). The fourth-order valence-corrected chi connectivity index (χ4v) is 3.15. The Kier molecular flexibility index (Phi) is 5.74. The van der Waals surface area contributed by atoms with Gasteiger partial charge in [0.15, 0.2) is 18.1 Å². The Morgan fingerprint density at radius 3 is 2.48 bits per heavy atom. The van der Waals surface area contributed by atoms with Gasteiger partial charge >= 0.3 is 5.97 Å². The van der Waals surface area contributed by atoms with Crippen molar-refractivity contribution in [1.29, 1.82) is 0 Å². The van der Waals surface area contributed by atoms with Crippen molar-refractivity contribution in [3.05, 3.63) is 78.6 Å². The van der Waals surface area contributed by atoms with E-state index in [0.717, 1.165) is 18.4 Å². The minimum absolute atomic E-state index is 0.0940. The summed E-state index contributed by atoms with van der Waals surface area (Å²) in [6, 6.07) is 13.5. The van der Waals surface area contributed by atoms with Crippen LogP contribution in [0.3, 0.4) is 0 Å². The third kappa shape index (κ3) is 4.93. The quantitative estimate of drug-likeness (QED) is 0.540. The van der Waals surface area contributed by atoms with Gasteiger partial charge in [-0.3, -0.25) is 0 Å². The number of aromatic nitrogens is 2. The predicted molar refractivity (Wildman–Crippen MR) is 103 cm³/mol. The molecule has 0 aliphatic heterocycles. The second-order valence-corrected chi connectivity index (χ2v) is 6.90. The van der Waals surface area contributed by atoms with Crippen LogP contribution in [0.2, 0.25) is 0 Å². The van der Waals surface area contributed by atoms with E-state index in [1.165, 1.54) is 12.1 Å². The van der Waals surface area contributed by atoms with Crippen LogP contribution in [0.1, 0.15) is 24.4 Å². The van der Waals surface area contributed by atoms with Crippen molar-refractivity contribution in [2.75, 3.05) is 6.61 Å². The number of carbonyl (C=O) groups is 1. The summed E-state index contributed by atoms with van der Waals surface area (Å²) in [5, 5.41) is 0. The second kappa shape index (κ2) is 8.77. The molecule has 0 radical (unpaired) electrons. The van der Waals surface area contributed by atoms with Crippen LogP contribution in [0.4, 0.5) is 4.39 Å². The maximum Gasteiger partial charge on any atom is 0.344 e. The van der Waals surface area contributed by atoms with Crippen LogP contribution < -0.4 is 9.47 Å². The zero-order chi connectivity index (χ0) is 20.1. The second-order valence-electron chi connectivity index (χ2n) is 6.90. The van der Waals surface area contributed by atoms with Crippen molar-refractivity contribution < 1.29 is 23.4 Å². The van der Waals surface area contributed by atoms with Crippen LogP contribution in [0, 0.1) is 5.82 Å². The first-order chi connectivity index (χ1) is 14.2. The van der Waals surface area contributed by atoms with E-state index in [9.17, 15) is 9.18 Å². The third-order valence-corrected chi connectivity index (χ3v) is 4.82. The Hall–Kier alpha value is -3.35. The molecule has 29 heavy (non-hydrogen) atoms. The number of carbonyl (C=O) groups excluding carboxylic acids is 1. The lowest BCUT2D eigenvalue weighted by Gasteiger charge is -2.35. The van der Waals surface area contributed by atoms with E-state index in [2.05, 4.69) is 4.98 Å². The summed E-state index contributed by atoms with van der Waals surface area (Å²) in [5.74, 6) is 0.260. The third-order valence-electron chi connectivity index (χ3n) is 4.82. The number of hydrogen-bond acceptors (Lipinski definition) is 5. The summed E-state index contributed by atoms with van der Waals surface area (Å²) in [4.78, 5) is 16.1. The SMILES string of the molecule is O=C(COc1ccccc1OCc1ccc(F)cc1)OC1CC(n2ccnc2)C1. The molecule has 0 amide bonds. The molecule has 150 valence electrons. The van der Waals surface area contributed by atoms with E-state index >= 15 is 0 Å². The summed E-state index contributed by atoms with van der Waals surface area (Å²) in [5.41, 5.74) is 0.832. The molecule has 1 aliphatic carbocycles. The lowest BCUT2D eigenvalue weighted by molar-refractivity contribution is -0.157. The number of nitrogens with zero attached hydrogens (tertiary/aromatic N) is 2. The Labute approximate surface area is 167 Å². The van der Waals surface area contributed by atoms with Crippen molar-refractivity contribution in [2.45, 2.75) is 31.6 Å². The highest BCUT2D eigenvalue weighted by Crippen LogP contribution is 2.34. The Morgan fingerprint density at radius 2 is 1.79 bits per heavy atom. The Morgan fingerprint density at radius 1 is 1.07 bits per heavy atom. The molecule has 1 heterocycles. The summed E-state index contributed by atoms with van der Waals surface area (Å²) in [7, 11) is 0. The number of benzene rings is 2. The fraction of sp³-hybridized carbons (Fsp3) is 0.273. The monoisotopic (exact) mass is 396 g/mol. The van der Waals surface area contributed by atoms with Crippen molar-refractivity contribution in [2.24, 2.45) is 0 Å². The molecule has 1 saturated carbocycles. The molecule has 1 aromatic heterocycles. The van der Waals surface area contributed by atoms with Gasteiger partial charge in [-0.15, -0.1) is 0 Å². The first-order valence-corrected chi connectivity index (χ1v) is 9.43. The maximum atomic E-state index is 13.0. The predicted octanol–water partition coefficient (Wildman–Crippen LogP) is 3.93. The van der Waals surface area contributed by atoms with Crippen LogP contribution in [-0.4, -0.2) is 28.2 Å². The van der Waals surface area contributed by atoms with Crippen LogP contribution in [0.5, 0.6) is 11.5 Å². The first-order valence-electron chi connectivity index (χ1n) is 9.43. The van der Waals surface area contributed by atoms with Crippen LogP contribution in [0.25, 0.3) is 0 Å². The molecule has 2 aromatic carbocycles. The lowest BCUT2D eigenvalue weighted by atomic mass is 9.89. The van der Waals surface area contributed by atoms with Crippen LogP contribution >= 0.6 is 0 Å². The minimum Gasteiger partial charge on any atom is -0.485 e. The summed E-state index contributed by atoms with van der Waals surface area (Å²) in [6.45, 7) is 0.0754. The van der Waals surface area contributed by atoms with E-state index in [1.807, 2.05) is 16.8 Å². The van der Waals surface area contributed by atoms with E-state index < -0.39 is 5.97 Å². The normalized spacial score (nSPS) is 18.0. The van der Waals surface area contributed by atoms with Gasteiger partial charge in [-0.2, -0.15) is 0 Å². The molecule has 0 unspecified atom stereocenters. The number of halogens is 1. The molecule has 0 bridgehead atoms. The van der Waals surface area contributed by atoms with Crippen molar-refractivity contribution in [3.8, 4) is 11.5 Å². The molecule has 1 fully saturated rings. The molecule has 0 N–H and O–H groups in total. The van der Waals surface area contributed by atoms with Gasteiger partial charge in [-0.05, 0) is 29.8 Å². The van der Waals surface area contributed by atoms with Gasteiger partial charge in [0.25, 0.3) is 0 Å². The van der Waals surface area contributed by atoms with Gasteiger partial charge in [0, 0.05) is 31.3 Å². The number of para-hydroxylation sites is 2. The number of esters is 1. The highest BCUT2D eigenvalue weighted by Gasteiger charge is 2.33. The zero-order valence-electron chi connectivity index (χ0n) is 15.7. The highest BCUT2D eigenvalue weighted by molar-refractivity contribution is 5.71. The maximum absolute atomic E-state index is 13.0. The molecular weight excluding hydrogens is 375 g/mol. The average molecular weight is 396 g/mol. The van der Waals surface area contributed by atoms with Gasteiger partial charge in [0.05, 0.1) is 6.33 Å². The van der Waals surface area contributed by atoms with Gasteiger partial charge < -0.3 is 18.8 Å². The van der Waals surface area contributed by atoms with Gasteiger partial charge in [0.2, 0.25) is 0 Å². The summed E-state index contributed by atoms with van der Waals surface area (Å²) < 4.78 is 31.8. The number of imidazole rings is 1. The van der Waals surface area contributed by atoms with E-state index in [4.69, 9.17) is 14.2 Å².